The number of pyridine rings is 9. The molecule has 0 fully saturated rings. The number of aromatic nitrogens is 11. The van der Waals surface area contributed by atoms with Crippen LogP contribution in [0.4, 0.5) is 75.5 Å². The van der Waals surface area contributed by atoms with Crippen molar-refractivity contribution in [3.05, 3.63) is 250 Å². The molecular formula is C55H41F18N11P3Ru2. The number of hydrogen-bond acceptors (Lipinski definition) is 11. The second-order valence-electron chi connectivity index (χ2n) is 16.8. The first-order chi connectivity index (χ1) is 40.1. The van der Waals surface area contributed by atoms with Gasteiger partial charge in [0.25, 0.3) is 0 Å². The predicted octanol–water partition coefficient (Wildman–Crippen LogP) is 21.9. The quantitative estimate of drug-likeness (QED) is 0.0855. The molecule has 0 amide bonds. The zero-order chi connectivity index (χ0) is 64.1. The molecule has 0 aliphatic carbocycles. The Kier molecular flexibility index (Phi) is 24.5. The van der Waals surface area contributed by atoms with Crippen molar-refractivity contribution < 1.29 is 115 Å². The summed E-state index contributed by atoms with van der Waals surface area (Å²) in [5.74, 6) is 0. The third-order valence-corrected chi connectivity index (χ3v) is 9.45. The van der Waals surface area contributed by atoms with E-state index in [2.05, 4.69) is 49.8 Å². The Morgan fingerprint density at radius 2 is 0.416 bits per heavy atom. The van der Waals surface area contributed by atoms with Crippen LogP contribution in [0.5, 0.6) is 0 Å². The van der Waals surface area contributed by atoms with Gasteiger partial charge in [-0.25, -0.2) is 15.0 Å². The van der Waals surface area contributed by atoms with E-state index in [9.17, 15) is 75.5 Å². The van der Waals surface area contributed by atoms with E-state index < -0.39 is 23.4 Å². The van der Waals surface area contributed by atoms with Gasteiger partial charge in [-0.3, -0.25) is 39.9 Å². The van der Waals surface area contributed by atoms with E-state index >= 15 is 0 Å². The molecule has 10 heterocycles. The van der Waals surface area contributed by atoms with Gasteiger partial charge in [-0.05, 0) is 109 Å². The molecule has 0 N–H and O–H groups in total. The average Bonchev–Trinajstić information content (AvgIpc) is 3.61. The molecule has 0 atom stereocenters. The van der Waals surface area contributed by atoms with E-state index in [1.807, 2.05) is 194 Å². The summed E-state index contributed by atoms with van der Waals surface area (Å²) in [7, 11) is -32.0. The Hall–Kier alpha value is -8.07. The monoisotopic (exact) mass is 1490 g/mol. The predicted molar refractivity (Wildman–Crippen MR) is 300 cm³/mol. The van der Waals surface area contributed by atoms with Gasteiger partial charge < -0.3 is 0 Å². The normalized spacial score (nSPS) is 13.0. The van der Waals surface area contributed by atoms with Crippen molar-refractivity contribution in [3.63, 3.8) is 0 Å². The van der Waals surface area contributed by atoms with Crippen LogP contribution >= 0.6 is 23.4 Å². The van der Waals surface area contributed by atoms with E-state index in [-0.39, 0.29) is 39.0 Å². The molecule has 1 aromatic carbocycles. The van der Waals surface area contributed by atoms with Crippen molar-refractivity contribution in [2.75, 3.05) is 0 Å². The van der Waals surface area contributed by atoms with Crippen LogP contribution in [0.1, 0.15) is 0 Å². The molecule has 0 unspecified atom stereocenters. The first-order valence-electron chi connectivity index (χ1n) is 24.0. The van der Waals surface area contributed by atoms with Crippen LogP contribution in [0.15, 0.2) is 250 Å². The van der Waals surface area contributed by atoms with Crippen LogP contribution in [0.3, 0.4) is 0 Å². The van der Waals surface area contributed by atoms with Crippen LogP contribution in [0.25, 0.3) is 79.6 Å². The summed E-state index contributed by atoms with van der Waals surface area (Å²) in [5, 5.41) is 0. The van der Waals surface area contributed by atoms with Crippen molar-refractivity contribution in [2.24, 2.45) is 0 Å². The second kappa shape index (κ2) is 29.0. The number of nitrogens with zero attached hydrogens (tertiary/aromatic N) is 11. The zero-order valence-electron chi connectivity index (χ0n) is 44.4. The van der Waals surface area contributed by atoms with Crippen LogP contribution in [0.2, 0.25) is 0 Å². The second-order valence-corrected chi connectivity index (χ2v) is 22.6. The van der Waals surface area contributed by atoms with Crippen molar-refractivity contribution in [3.8, 4) is 79.6 Å². The zero-order valence-corrected chi connectivity index (χ0v) is 50.6. The fourth-order valence-corrected chi connectivity index (χ4v) is 6.31. The van der Waals surface area contributed by atoms with E-state index in [0.29, 0.717) is 0 Å². The van der Waals surface area contributed by atoms with Gasteiger partial charge in [-0.15, -0.1) is 0 Å². The van der Waals surface area contributed by atoms with Crippen LogP contribution in [0, 0.1) is 0 Å². The molecule has 0 saturated heterocycles. The van der Waals surface area contributed by atoms with Gasteiger partial charge in [-0.2, -0.15) is 0 Å². The average molecular weight is 1490 g/mol. The Labute approximate surface area is 519 Å². The summed E-state index contributed by atoms with van der Waals surface area (Å²) in [6.45, 7) is 0. The Bertz CT molecular complexity index is 3570. The molecule has 0 aliphatic heterocycles. The molecule has 11 aromatic rings. The third-order valence-electron chi connectivity index (χ3n) is 9.45. The minimum absolute atomic E-state index is 0. The van der Waals surface area contributed by atoms with E-state index in [0.717, 1.165) is 79.6 Å². The maximum Gasteiger partial charge on any atom is 2.00 e. The van der Waals surface area contributed by atoms with Crippen LogP contribution in [-0.4, -0.2) is 54.8 Å². The standard InChI is InChI=1S/C20H14N4.C15H11N3.2C10H8N2.3F6P.2Ru/c1-2-8-15(9-3-1)18-14-23-19(16-10-4-6-12-21-16)20(24-18)17-11-5-7-13-22-17;1-3-10-16-12(6-1)14-8-5-9-15(18-14)13-7-2-4-11-17-13;2*1-3-7-11-9(5-1)10-6-2-4-8-12-10;3*1-7(2,3,4,5)6;;/h1-14H;1-11H;2*1-8H;;;;;/q;;;;3*-1;+1;+2. The first-order valence-corrected chi connectivity index (χ1v) is 30.1. The molecule has 10 aromatic heterocycles. The molecule has 1 radical (unpaired) electrons. The van der Waals surface area contributed by atoms with Crippen molar-refractivity contribution in [1.82, 2.24) is 54.8 Å². The smallest absolute Gasteiger partial charge is 0.255 e. The van der Waals surface area contributed by atoms with E-state index in [1.54, 1.807) is 55.8 Å². The van der Waals surface area contributed by atoms with E-state index in [4.69, 9.17) is 4.98 Å². The summed E-state index contributed by atoms with van der Waals surface area (Å²) in [5.41, 5.74) is 12.0. The SMILES string of the molecule is F[P-](F)(F)(F)(F)F.F[P-](F)(F)(F)(F)F.F[P-](F)(F)(F)(F)F.[Ru+2].[Ru+].c1ccc(-c2cccc(-c3ccccn3)n2)nc1.c1ccc(-c2ccccn2)nc1.c1ccc(-c2ccccn2)nc1.c1ccc(-c2cnc(-c3ccccn3)c(-c3ccccn3)n2)cc1. The summed E-state index contributed by atoms with van der Waals surface area (Å²) in [6, 6.07) is 62.2. The van der Waals surface area contributed by atoms with Gasteiger partial charge in [0.1, 0.15) is 11.4 Å². The van der Waals surface area contributed by atoms with Gasteiger partial charge in [-0.1, -0.05) is 84.9 Å². The number of hydrogen-bond donors (Lipinski definition) is 0. The minimum Gasteiger partial charge on any atom is -0.255 e. The number of benzene rings is 1. The summed E-state index contributed by atoms with van der Waals surface area (Å²) < 4.78 is 178. The fourth-order valence-electron chi connectivity index (χ4n) is 6.31. The Morgan fingerprint density at radius 3 is 0.663 bits per heavy atom. The summed E-state index contributed by atoms with van der Waals surface area (Å²) in [6.07, 6.45) is 15.9. The fraction of sp³-hybridized carbons (Fsp3) is 0. The summed E-state index contributed by atoms with van der Waals surface area (Å²) in [4.78, 5) is 48.2. The molecule has 0 saturated carbocycles. The number of halogens is 18. The molecule has 0 spiro atoms. The molecule has 0 aliphatic rings. The molecule has 0 bridgehead atoms. The topological polar surface area (TPSA) is 142 Å². The molecule has 11 rings (SSSR count). The minimum atomic E-state index is -10.7. The Morgan fingerprint density at radius 1 is 0.202 bits per heavy atom. The molecule has 11 nitrogen and oxygen atoms in total. The molecule has 89 heavy (non-hydrogen) atoms. The molecular weight excluding hydrogens is 1450 g/mol. The van der Waals surface area contributed by atoms with Gasteiger partial charge in [0.2, 0.25) is 0 Å². The van der Waals surface area contributed by atoms with Crippen molar-refractivity contribution >= 4 is 23.4 Å². The Balaban J connectivity index is 0.000000285. The van der Waals surface area contributed by atoms with Gasteiger partial charge in [0, 0.05) is 55.1 Å². The number of rotatable bonds is 7. The first kappa shape index (κ1) is 75.2. The molecule has 34 heteroatoms. The van der Waals surface area contributed by atoms with Crippen molar-refractivity contribution in [2.45, 2.75) is 0 Å². The van der Waals surface area contributed by atoms with Crippen LogP contribution < -0.4 is 0 Å². The van der Waals surface area contributed by atoms with Gasteiger partial charge in [0.05, 0.1) is 68.8 Å². The third kappa shape index (κ3) is 36.7. The summed E-state index contributed by atoms with van der Waals surface area (Å²) >= 11 is 0. The van der Waals surface area contributed by atoms with Gasteiger partial charge >= 0.3 is 138 Å². The maximum absolute atomic E-state index is 10.7. The van der Waals surface area contributed by atoms with Gasteiger partial charge in [0.15, 0.2) is 0 Å². The van der Waals surface area contributed by atoms with E-state index in [1.165, 1.54) is 0 Å². The largest absolute Gasteiger partial charge is 2.00 e. The van der Waals surface area contributed by atoms with Crippen molar-refractivity contribution in [1.29, 1.82) is 0 Å². The molecule has 473 valence electrons. The van der Waals surface area contributed by atoms with Crippen LogP contribution in [-0.2, 0) is 39.0 Å². The maximum atomic E-state index is 9.87.